The number of rotatable bonds is 5. The molecule has 1 aromatic heterocycles. The van der Waals surface area contributed by atoms with Gasteiger partial charge in [-0.25, -0.2) is 4.98 Å². The Labute approximate surface area is 132 Å². The number of aromatic nitrogens is 2. The van der Waals surface area contributed by atoms with Gasteiger partial charge in [-0.2, -0.15) is 0 Å². The molecule has 7 heteroatoms. The summed E-state index contributed by atoms with van der Waals surface area (Å²) in [6, 6.07) is 7.03. The number of amides is 1. The summed E-state index contributed by atoms with van der Waals surface area (Å²) >= 11 is 0. The van der Waals surface area contributed by atoms with Gasteiger partial charge in [0.25, 0.3) is 5.56 Å². The summed E-state index contributed by atoms with van der Waals surface area (Å²) in [5, 5.41) is 2.77. The van der Waals surface area contributed by atoms with Crippen LogP contribution in [-0.4, -0.2) is 22.7 Å². The fraction of sp³-hybridized carbons (Fsp3) is 0.312. The summed E-state index contributed by atoms with van der Waals surface area (Å²) in [7, 11) is 0. The van der Waals surface area contributed by atoms with Crippen molar-refractivity contribution in [1.29, 1.82) is 0 Å². The minimum absolute atomic E-state index is 0.0950. The molecule has 1 amide bonds. The van der Waals surface area contributed by atoms with Crippen molar-refractivity contribution in [3.8, 4) is 11.5 Å². The van der Waals surface area contributed by atoms with E-state index in [1.807, 2.05) is 18.2 Å². The number of nitrogens with one attached hydrogen (secondary N) is 2. The van der Waals surface area contributed by atoms with E-state index in [2.05, 4.69) is 15.3 Å². The molecule has 3 rings (SSSR count). The maximum absolute atomic E-state index is 11.9. The number of fused-ring (bicyclic) bond motifs is 1. The van der Waals surface area contributed by atoms with Gasteiger partial charge in [0.15, 0.2) is 11.5 Å². The van der Waals surface area contributed by atoms with Gasteiger partial charge in [-0.05, 0) is 31.0 Å². The van der Waals surface area contributed by atoms with Gasteiger partial charge < -0.3 is 19.8 Å². The Kier molecular flexibility index (Phi) is 4.27. The summed E-state index contributed by atoms with van der Waals surface area (Å²) in [5.74, 6) is 1.88. The zero-order chi connectivity index (χ0) is 16.2. The van der Waals surface area contributed by atoms with E-state index in [0.29, 0.717) is 30.1 Å². The van der Waals surface area contributed by atoms with E-state index in [4.69, 9.17) is 9.47 Å². The Balaban J connectivity index is 1.50. The first kappa shape index (κ1) is 15.1. The fourth-order valence-corrected chi connectivity index (χ4v) is 2.36. The van der Waals surface area contributed by atoms with Crippen molar-refractivity contribution in [2.45, 2.75) is 26.3 Å². The van der Waals surface area contributed by atoms with Gasteiger partial charge in [-0.1, -0.05) is 6.07 Å². The number of aryl methyl sites for hydroxylation is 2. The molecule has 1 aliphatic heterocycles. The summed E-state index contributed by atoms with van der Waals surface area (Å²) in [6.45, 7) is 2.18. The third kappa shape index (κ3) is 3.88. The molecule has 1 aromatic carbocycles. The van der Waals surface area contributed by atoms with Crippen LogP contribution in [0.15, 0.2) is 29.1 Å². The Bertz CT molecular complexity index is 785. The molecular formula is C16H17N3O4. The molecule has 0 unspecified atom stereocenters. The average molecular weight is 315 g/mol. The van der Waals surface area contributed by atoms with E-state index in [9.17, 15) is 9.59 Å². The first-order chi connectivity index (χ1) is 11.1. The highest BCUT2D eigenvalue weighted by molar-refractivity contribution is 5.76. The number of ether oxygens (including phenoxy) is 2. The molecule has 0 saturated carbocycles. The Morgan fingerprint density at radius 1 is 1.30 bits per heavy atom. The molecule has 2 N–H and O–H groups in total. The van der Waals surface area contributed by atoms with Crippen LogP contribution < -0.4 is 20.3 Å². The predicted octanol–water partition coefficient (Wildman–Crippen LogP) is 1.06. The van der Waals surface area contributed by atoms with Gasteiger partial charge in [-0.3, -0.25) is 9.59 Å². The summed E-state index contributed by atoms with van der Waals surface area (Å²) < 4.78 is 10.6. The lowest BCUT2D eigenvalue weighted by Crippen LogP contribution is -2.25. The number of carbonyl (C=O) groups excluding carboxylic acids is 1. The average Bonchev–Trinajstić information content (AvgIpc) is 2.97. The van der Waals surface area contributed by atoms with Gasteiger partial charge in [0.05, 0.1) is 12.2 Å². The standard InChI is InChI=1S/C16H17N3O4/c1-10-18-12(7-16(21)19-10)8-17-15(20)5-3-11-2-4-13-14(6-11)23-9-22-13/h2,4,6-7H,3,5,8-9H2,1H3,(H,17,20)(H,18,19,21). The van der Waals surface area contributed by atoms with Crippen molar-refractivity contribution in [2.75, 3.05) is 6.79 Å². The van der Waals surface area contributed by atoms with Crippen LogP contribution in [0.3, 0.4) is 0 Å². The Hall–Kier alpha value is -2.83. The molecule has 1 aliphatic rings. The minimum atomic E-state index is -0.220. The van der Waals surface area contributed by atoms with Crippen molar-refractivity contribution < 1.29 is 14.3 Å². The fourth-order valence-electron chi connectivity index (χ4n) is 2.36. The first-order valence-electron chi connectivity index (χ1n) is 7.32. The predicted molar refractivity (Wildman–Crippen MR) is 82.3 cm³/mol. The number of aromatic amines is 1. The molecule has 2 aromatic rings. The lowest BCUT2D eigenvalue weighted by atomic mass is 10.1. The second-order valence-electron chi connectivity index (χ2n) is 5.29. The van der Waals surface area contributed by atoms with Crippen molar-refractivity contribution in [3.63, 3.8) is 0 Å². The van der Waals surface area contributed by atoms with Crippen LogP contribution in [-0.2, 0) is 17.8 Å². The molecule has 0 aliphatic carbocycles. The lowest BCUT2D eigenvalue weighted by Gasteiger charge is -2.06. The smallest absolute Gasteiger partial charge is 0.251 e. The molecule has 0 spiro atoms. The highest BCUT2D eigenvalue weighted by Crippen LogP contribution is 2.32. The molecule has 0 saturated heterocycles. The van der Waals surface area contributed by atoms with Gasteiger partial charge >= 0.3 is 0 Å². The number of benzene rings is 1. The third-order valence-electron chi connectivity index (χ3n) is 3.46. The van der Waals surface area contributed by atoms with Gasteiger partial charge in [0.2, 0.25) is 12.7 Å². The number of hydrogen-bond acceptors (Lipinski definition) is 5. The SMILES string of the molecule is Cc1nc(CNC(=O)CCc2ccc3c(c2)OCO3)cc(=O)[nH]1. The summed E-state index contributed by atoms with van der Waals surface area (Å²) in [6.07, 6.45) is 0.951. The molecule has 120 valence electrons. The van der Waals surface area contributed by atoms with E-state index in [0.717, 1.165) is 11.3 Å². The molecule has 0 fully saturated rings. The zero-order valence-electron chi connectivity index (χ0n) is 12.7. The van der Waals surface area contributed by atoms with Crippen LogP contribution in [0.1, 0.15) is 23.5 Å². The second kappa shape index (κ2) is 6.51. The zero-order valence-corrected chi connectivity index (χ0v) is 12.7. The minimum Gasteiger partial charge on any atom is -0.454 e. The van der Waals surface area contributed by atoms with E-state index < -0.39 is 0 Å². The third-order valence-corrected chi connectivity index (χ3v) is 3.46. The molecular weight excluding hydrogens is 298 g/mol. The van der Waals surface area contributed by atoms with Gasteiger partial charge in [-0.15, -0.1) is 0 Å². The van der Waals surface area contributed by atoms with Crippen molar-refractivity contribution >= 4 is 5.91 Å². The van der Waals surface area contributed by atoms with E-state index in [-0.39, 0.29) is 24.8 Å². The molecule has 7 nitrogen and oxygen atoms in total. The molecule has 0 bridgehead atoms. The number of hydrogen-bond donors (Lipinski definition) is 2. The van der Waals surface area contributed by atoms with Crippen LogP contribution in [0, 0.1) is 6.92 Å². The van der Waals surface area contributed by atoms with E-state index in [1.165, 1.54) is 6.07 Å². The van der Waals surface area contributed by atoms with Crippen LogP contribution in [0.4, 0.5) is 0 Å². The largest absolute Gasteiger partial charge is 0.454 e. The second-order valence-corrected chi connectivity index (χ2v) is 5.29. The number of H-pyrrole nitrogens is 1. The van der Waals surface area contributed by atoms with Gasteiger partial charge in [0.1, 0.15) is 5.82 Å². The summed E-state index contributed by atoms with van der Waals surface area (Å²) in [5.41, 5.74) is 1.33. The topological polar surface area (TPSA) is 93.3 Å². The Morgan fingerprint density at radius 2 is 2.13 bits per heavy atom. The Morgan fingerprint density at radius 3 is 2.96 bits per heavy atom. The van der Waals surface area contributed by atoms with Crippen molar-refractivity contribution in [2.24, 2.45) is 0 Å². The van der Waals surface area contributed by atoms with Crippen LogP contribution >= 0.6 is 0 Å². The highest BCUT2D eigenvalue weighted by atomic mass is 16.7. The normalized spacial score (nSPS) is 12.2. The van der Waals surface area contributed by atoms with Crippen LogP contribution in [0.2, 0.25) is 0 Å². The maximum atomic E-state index is 11.9. The van der Waals surface area contributed by atoms with Crippen molar-refractivity contribution in [1.82, 2.24) is 15.3 Å². The highest BCUT2D eigenvalue weighted by Gasteiger charge is 2.13. The van der Waals surface area contributed by atoms with Crippen molar-refractivity contribution in [3.05, 3.63) is 51.7 Å². The van der Waals surface area contributed by atoms with Crippen LogP contribution in [0.5, 0.6) is 11.5 Å². The van der Waals surface area contributed by atoms with Crippen LogP contribution in [0.25, 0.3) is 0 Å². The summed E-state index contributed by atoms with van der Waals surface area (Å²) in [4.78, 5) is 30.0. The quantitative estimate of drug-likeness (QED) is 0.860. The maximum Gasteiger partial charge on any atom is 0.251 e. The van der Waals surface area contributed by atoms with E-state index in [1.54, 1.807) is 6.92 Å². The van der Waals surface area contributed by atoms with Gasteiger partial charge in [0, 0.05) is 12.5 Å². The first-order valence-corrected chi connectivity index (χ1v) is 7.32. The number of nitrogens with zero attached hydrogens (tertiary/aromatic N) is 1. The molecule has 0 radical (unpaired) electrons. The van der Waals surface area contributed by atoms with E-state index >= 15 is 0 Å². The number of carbonyl (C=O) groups is 1. The molecule has 23 heavy (non-hydrogen) atoms. The molecule has 0 atom stereocenters. The monoisotopic (exact) mass is 315 g/mol. The lowest BCUT2D eigenvalue weighted by molar-refractivity contribution is -0.121. The molecule has 2 heterocycles.